The molecule has 0 spiro atoms. The van der Waals surface area contributed by atoms with Gasteiger partial charge in [-0.3, -0.25) is 0 Å². The van der Waals surface area contributed by atoms with Crippen LogP contribution in [0.25, 0.3) is 21.5 Å². The van der Waals surface area contributed by atoms with Crippen LogP contribution in [0.2, 0.25) is 0 Å². The molecule has 0 aromatic heterocycles. The molecule has 0 aliphatic heterocycles. The summed E-state index contributed by atoms with van der Waals surface area (Å²) in [6, 6.07) is 25.5. The highest BCUT2D eigenvalue weighted by molar-refractivity contribution is 6.08. The lowest BCUT2D eigenvalue weighted by atomic mass is 9.97. The number of aryl methyl sites for hydroxylation is 1. The molecule has 0 radical (unpaired) electrons. The molecule has 2 heteroatoms. The van der Waals surface area contributed by atoms with E-state index < -0.39 is 0 Å². The van der Waals surface area contributed by atoms with Gasteiger partial charge in [-0.25, -0.2) is 4.79 Å². The fraction of sp³-hybridized carbons (Fsp3) is 0.0870. The normalized spacial score (nSPS) is 10.9. The predicted molar refractivity (Wildman–Crippen MR) is 102 cm³/mol. The first-order chi connectivity index (χ1) is 12.3. The largest absolute Gasteiger partial charge is 0.422 e. The Kier molecular flexibility index (Phi) is 3.95. The molecule has 0 aliphatic rings. The number of rotatable bonds is 3. The quantitative estimate of drug-likeness (QED) is 0.271. The fourth-order valence-electron chi connectivity index (χ4n) is 3.28. The van der Waals surface area contributed by atoms with E-state index >= 15 is 0 Å². The van der Waals surface area contributed by atoms with Crippen LogP contribution in [-0.4, -0.2) is 5.97 Å². The molecule has 0 amide bonds. The van der Waals surface area contributed by atoms with Crippen molar-refractivity contribution in [1.82, 2.24) is 0 Å². The van der Waals surface area contributed by atoms with Crippen LogP contribution in [-0.2, 0) is 6.42 Å². The molecule has 0 bridgehead atoms. The molecule has 0 unspecified atom stereocenters. The Morgan fingerprint density at radius 2 is 1.56 bits per heavy atom. The van der Waals surface area contributed by atoms with Crippen LogP contribution >= 0.6 is 0 Å². The molecule has 4 aromatic carbocycles. The number of ether oxygens (including phenoxy) is 1. The van der Waals surface area contributed by atoms with E-state index in [0.717, 1.165) is 28.0 Å². The fourth-order valence-corrected chi connectivity index (χ4v) is 3.28. The number of carbonyl (C=O) groups is 1. The van der Waals surface area contributed by atoms with Crippen molar-refractivity contribution < 1.29 is 9.53 Å². The van der Waals surface area contributed by atoms with Crippen molar-refractivity contribution in [3.8, 4) is 5.75 Å². The zero-order valence-electron chi connectivity index (χ0n) is 14.0. The maximum absolute atomic E-state index is 12.7. The molecule has 0 saturated carbocycles. The van der Waals surface area contributed by atoms with Crippen LogP contribution in [0.3, 0.4) is 0 Å². The Morgan fingerprint density at radius 1 is 0.840 bits per heavy atom. The average molecular weight is 326 g/mol. The lowest BCUT2D eigenvalue weighted by molar-refractivity contribution is 0.0739. The summed E-state index contributed by atoms with van der Waals surface area (Å²) < 4.78 is 5.93. The first kappa shape index (κ1) is 15.4. The summed E-state index contributed by atoms with van der Waals surface area (Å²) in [5.41, 5.74) is 1.73. The van der Waals surface area contributed by atoms with E-state index in [1.165, 1.54) is 5.56 Å². The minimum Gasteiger partial charge on any atom is -0.422 e. The summed E-state index contributed by atoms with van der Waals surface area (Å²) in [5.74, 6) is 0.323. The molecule has 2 nitrogen and oxygen atoms in total. The van der Waals surface area contributed by atoms with E-state index in [2.05, 4.69) is 31.2 Å². The average Bonchev–Trinajstić information content (AvgIpc) is 2.67. The van der Waals surface area contributed by atoms with Gasteiger partial charge >= 0.3 is 5.97 Å². The van der Waals surface area contributed by atoms with E-state index in [4.69, 9.17) is 4.74 Å². The number of benzene rings is 4. The summed E-state index contributed by atoms with van der Waals surface area (Å²) in [4.78, 5) is 12.7. The highest BCUT2D eigenvalue weighted by Gasteiger charge is 2.16. The first-order valence-electron chi connectivity index (χ1n) is 8.48. The number of hydrogen-bond donors (Lipinski definition) is 0. The highest BCUT2D eigenvalue weighted by Crippen LogP contribution is 2.37. The Balaban J connectivity index is 1.97. The molecule has 0 heterocycles. The summed E-state index contributed by atoms with van der Waals surface area (Å²) in [6.07, 6.45) is 0.881. The summed E-state index contributed by atoms with van der Waals surface area (Å²) in [7, 11) is 0. The van der Waals surface area contributed by atoms with E-state index in [-0.39, 0.29) is 5.97 Å². The second-order valence-corrected chi connectivity index (χ2v) is 6.05. The van der Waals surface area contributed by atoms with Gasteiger partial charge in [0, 0.05) is 10.8 Å². The molecular formula is C23H18O2. The number of fused-ring (bicyclic) bond motifs is 2. The Labute approximate surface area is 146 Å². The summed E-state index contributed by atoms with van der Waals surface area (Å²) >= 11 is 0. The van der Waals surface area contributed by atoms with Gasteiger partial charge in [0.2, 0.25) is 0 Å². The second-order valence-electron chi connectivity index (χ2n) is 6.05. The lowest BCUT2D eigenvalue weighted by Gasteiger charge is -2.14. The van der Waals surface area contributed by atoms with Crippen LogP contribution in [0.15, 0.2) is 78.9 Å². The molecule has 0 atom stereocenters. The standard InChI is InChI=1S/C23H18O2/c1-2-16-12-8-13-19-15-18-11-6-7-14-20(18)22(21(16)19)25-23(24)17-9-4-3-5-10-17/h3-15H,2H2,1H3. The third kappa shape index (κ3) is 2.76. The van der Waals surface area contributed by atoms with Gasteiger partial charge < -0.3 is 4.74 Å². The summed E-state index contributed by atoms with van der Waals surface area (Å²) in [5, 5.41) is 4.14. The van der Waals surface area contributed by atoms with E-state index in [1.54, 1.807) is 12.1 Å². The predicted octanol–water partition coefficient (Wildman–Crippen LogP) is 5.77. The van der Waals surface area contributed by atoms with E-state index in [1.807, 2.05) is 42.5 Å². The zero-order valence-corrected chi connectivity index (χ0v) is 14.0. The van der Waals surface area contributed by atoms with Crippen LogP contribution in [0.4, 0.5) is 0 Å². The van der Waals surface area contributed by atoms with Crippen molar-refractivity contribution in [2.45, 2.75) is 13.3 Å². The van der Waals surface area contributed by atoms with Crippen LogP contribution in [0.5, 0.6) is 5.75 Å². The van der Waals surface area contributed by atoms with Gasteiger partial charge in [-0.05, 0) is 41.0 Å². The molecular weight excluding hydrogens is 308 g/mol. The van der Waals surface area contributed by atoms with Gasteiger partial charge in [-0.15, -0.1) is 0 Å². The maximum Gasteiger partial charge on any atom is 0.343 e. The van der Waals surface area contributed by atoms with E-state index in [0.29, 0.717) is 11.3 Å². The Bertz CT molecular complexity index is 1070. The Morgan fingerprint density at radius 3 is 2.36 bits per heavy atom. The molecule has 0 saturated heterocycles. The minimum absolute atomic E-state index is 0.329. The van der Waals surface area contributed by atoms with Gasteiger partial charge in [-0.2, -0.15) is 0 Å². The van der Waals surface area contributed by atoms with Gasteiger partial charge in [-0.1, -0.05) is 67.6 Å². The van der Waals surface area contributed by atoms with Gasteiger partial charge in [0.1, 0.15) is 5.75 Å². The molecule has 122 valence electrons. The first-order valence-corrected chi connectivity index (χ1v) is 8.48. The molecule has 0 aliphatic carbocycles. The van der Waals surface area contributed by atoms with Crippen LogP contribution in [0, 0.1) is 0 Å². The molecule has 25 heavy (non-hydrogen) atoms. The third-order valence-electron chi connectivity index (χ3n) is 4.51. The van der Waals surface area contributed by atoms with Crippen LogP contribution < -0.4 is 4.74 Å². The van der Waals surface area contributed by atoms with Gasteiger partial charge in [0.25, 0.3) is 0 Å². The van der Waals surface area contributed by atoms with Crippen molar-refractivity contribution in [1.29, 1.82) is 0 Å². The monoisotopic (exact) mass is 326 g/mol. The number of hydrogen-bond acceptors (Lipinski definition) is 2. The highest BCUT2D eigenvalue weighted by atomic mass is 16.5. The second kappa shape index (κ2) is 6.40. The third-order valence-corrected chi connectivity index (χ3v) is 4.51. The van der Waals surface area contributed by atoms with Crippen molar-refractivity contribution >= 4 is 27.5 Å². The zero-order chi connectivity index (χ0) is 17.2. The molecule has 4 aromatic rings. The van der Waals surface area contributed by atoms with Crippen molar-refractivity contribution in [2.75, 3.05) is 0 Å². The van der Waals surface area contributed by atoms with Crippen molar-refractivity contribution in [3.05, 3.63) is 90.0 Å². The Hall–Kier alpha value is -3.13. The molecule has 0 fully saturated rings. The minimum atomic E-state index is -0.329. The number of carbonyl (C=O) groups excluding carboxylic acids is 1. The van der Waals surface area contributed by atoms with Gasteiger partial charge in [0.05, 0.1) is 5.56 Å². The molecule has 0 N–H and O–H groups in total. The van der Waals surface area contributed by atoms with Gasteiger partial charge in [0.15, 0.2) is 0 Å². The summed E-state index contributed by atoms with van der Waals surface area (Å²) in [6.45, 7) is 2.12. The number of esters is 1. The topological polar surface area (TPSA) is 26.3 Å². The lowest BCUT2D eigenvalue weighted by Crippen LogP contribution is -2.09. The van der Waals surface area contributed by atoms with Crippen molar-refractivity contribution in [2.24, 2.45) is 0 Å². The molecule has 4 rings (SSSR count). The maximum atomic E-state index is 12.7. The van der Waals surface area contributed by atoms with Crippen LogP contribution in [0.1, 0.15) is 22.8 Å². The SMILES string of the molecule is CCc1cccc2cc3ccccc3c(OC(=O)c3ccccc3)c12. The smallest absolute Gasteiger partial charge is 0.343 e. The van der Waals surface area contributed by atoms with E-state index in [9.17, 15) is 4.79 Å². The van der Waals surface area contributed by atoms with Crippen molar-refractivity contribution in [3.63, 3.8) is 0 Å².